The fraction of sp³-hybridized carbons (Fsp3) is 0.571. The van der Waals surface area contributed by atoms with Crippen molar-refractivity contribution in [2.75, 3.05) is 6.61 Å². The minimum absolute atomic E-state index is 0.0809. The summed E-state index contributed by atoms with van der Waals surface area (Å²) in [7, 11) is 0. The summed E-state index contributed by atoms with van der Waals surface area (Å²) >= 11 is 0. The van der Waals surface area contributed by atoms with Crippen LogP contribution >= 0.6 is 0 Å². The van der Waals surface area contributed by atoms with E-state index in [9.17, 15) is 0 Å². The van der Waals surface area contributed by atoms with Gasteiger partial charge in [-0.1, -0.05) is 6.58 Å². The lowest BCUT2D eigenvalue weighted by molar-refractivity contribution is -0.146. The first kappa shape index (κ1) is 13.0. The summed E-state index contributed by atoms with van der Waals surface area (Å²) in [6, 6.07) is 0. The van der Waals surface area contributed by atoms with Crippen LogP contribution in [0, 0.1) is 12.3 Å². The molecule has 0 aliphatic heterocycles. The molecule has 88 valence electrons. The third-order valence-electron chi connectivity index (χ3n) is 2.85. The predicted molar refractivity (Wildman–Crippen MR) is 65.9 cm³/mol. The number of terminal acetylenes is 1. The van der Waals surface area contributed by atoms with E-state index in [-0.39, 0.29) is 12.4 Å². The van der Waals surface area contributed by atoms with E-state index in [0.717, 1.165) is 12.0 Å². The van der Waals surface area contributed by atoms with Gasteiger partial charge in [0.2, 0.25) is 0 Å². The molecular formula is C14H20O2. The lowest BCUT2D eigenvalue weighted by atomic mass is 10.1. The molecule has 0 bridgehead atoms. The van der Waals surface area contributed by atoms with Gasteiger partial charge in [0.15, 0.2) is 6.29 Å². The quantitative estimate of drug-likeness (QED) is 0.523. The van der Waals surface area contributed by atoms with Crippen LogP contribution in [0.3, 0.4) is 0 Å². The van der Waals surface area contributed by atoms with Gasteiger partial charge in [-0.3, -0.25) is 0 Å². The molecule has 2 nitrogen and oxygen atoms in total. The Hall–Kier alpha value is -1.04. The molecule has 1 unspecified atom stereocenters. The molecule has 2 atom stereocenters. The van der Waals surface area contributed by atoms with E-state index in [2.05, 4.69) is 19.4 Å². The van der Waals surface area contributed by atoms with E-state index in [1.807, 2.05) is 13.8 Å². The Labute approximate surface area is 98.3 Å². The zero-order valence-electron chi connectivity index (χ0n) is 10.4. The Kier molecular flexibility index (Phi) is 4.79. The monoisotopic (exact) mass is 220 g/mol. The first-order valence-corrected chi connectivity index (χ1v) is 5.68. The topological polar surface area (TPSA) is 18.5 Å². The second-order valence-corrected chi connectivity index (χ2v) is 4.00. The van der Waals surface area contributed by atoms with E-state index in [1.54, 1.807) is 0 Å². The minimum atomic E-state index is -0.178. The fourth-order valence-electron chi connectivity index (χ4n) is 2.00. The predicted octanol–water partition coefficient (Wildman–Crippen LogP) is 3.05. The molecule has 0 fully saturated rings. The Morgan fingerprint density at radius 3 is 2.88 bits per heavy atom. The Bertz CT molecular complexity index is 333. The Morgan fingerprint density at radius 1 is 1.62 bits per heavy atom. The van der Waals surface area contributed by atoms with Gasteiger partial charge in [-0.2, -0.15) is 0 Å². The normalized spacial score (nSPS) is 22.4. The van der Waals surface area contributed by atoms with Gasteiger partial charge >= 0.3 is 0 Å². The molecule has 0 spiro atoms. The summed E-state index contributed by atoms with van der Waals surface area (Å²) in [4.78, 5) is 0. The first-order valence-electron chi connectivity index (χ1n) is 5.68. The summed E-state index contributed by atoms with van der Waals surface area (Å²) in [5, 5.41) is 0. The van der Waals surface area contributed by atoms with Gasteiger partial charge in [0, 0.05) is 19.4 Å². The number of allylic oxidation sites excluding steroid dienone is 1. The van der Waals surface area contributed by atoms with E-state index >= 15 is 0 Å². The highest BCUT2D eigenvalue weighted by atomic mass is 16.7. The smallest absolute Gasteiger partial charge is 0.155 e. The van der Waals surface area contributed by atoms with Gasteiger partial charge in [-0.05, 0) is 37.5 Å². The Morgan fingerprint density at radius 2 is 2.31 bits per heavy atom. The summed E-state index contributed by atoms with van der Waals surface area (Å²) < 4.78 is 11.2. The molecule has 0 radical (unpaired) electrons. The highest BCUT2D eigenvalue weighted by Gasteiger charge is 2.26. The van der Waals surface area contributed by atoms with Crippen molar-refractivity contribution in [1.29, 1.82) is 0 Å². The molecular weight excluding hydrogens is 200 g/mol. The summed E-state index contributed by atoms with van der Waals surface area (Å²) in [6.07, 6.45) is 6.72. The van der Waals surface area contributed by atoms with Crippen LogP contribution in [0.4, 0.5) is 0 Å². The Balaban J connectivity index is 2.65. The van der Waals surface area contributed by atoms with Crippen LogP contribution in [0.25, 0.3) is 0 Å². The van der Waals surface area contributed by atoms with Crippen LogP contribution in [0.2, 0.25) is 0 Å². The van der Waals surface area contributed by atoms with Crippen molar-refractivity contribution in [3.8, 4) is 12.3 Å². The molecule has 0 N–H and O–H groups in total. The van der Waals surface area contributed by atoms with Gasteiger partial charge in [0.1, 0.15) is 0 Å². The molecule has 0 amide bonds. The average Bonchev–Trinajstić information content (AvgIpc) is 2.47. The van der Waals surface area contributed by atoms with Crippen molar-refractivity contribution >= 4 is 0 Å². The van der Waals surface area contributed by atoms with Crippen LogP contribution in [-0.4, -0.2) is 19.0 Å². The molecule has 0 saturated carbocycles. The third-order valence-corrected chi connectivity index (χ3v) is 2.85. The van der Waals surface area contributed by atoms with Crippen LogP contribution in [0.15, 0.2) is 23.3 Å². The first-order chi connectivity index (χ1) is 7.60. The zero-order chi connectivity index (χ0) is 12.1. The molecule has 0 saturated heterocycles. The van der Waals surface area contributed by atoms with Gasteiger partial charge < -0.3 is 9.47 Å². The number of hydrogen-bond acceptors (Lipinski definition) is 2. The van der Waals surface area contributed by atoms with Gasteiger partial charge in [-0.25, -0.2) is 0 Å². The van der Waals surface area contributed by atoms with E-state index < -0.39 is 0 Å². The maximum atomic E-state index is 5.80. The average molecular weight is 220 g/mol. The van der Waals surface area contributed by atoms with Gasteiger partial charge in [0.25, 0.3) is 0 Å². The summed E-state index contributed by atoms with van der Waals surface area (Å²) in [6.45, 7) is 10.6. The van der Waals surface area contributed by atoms with Crippen LogP contribution < -0.4 is 0 Å². The fourth-order valence-corrected chi connectivity index (χ4v) is 2.00. The SMILES string of the molecule is C#CCC1=C(C)C(O[C@@H](C)OCC)CC1=C. The van der Waals surface area contributed by atoms with Gasteiger partial charge in [-0.15, -0.1) is 12.3 Å². The molecule has 2 heteroatoms. The van der Waals surface area contributed by atoms with Crippen molar-refractivity contribution in [2.45, 2.75) is 46.0 Å². The lowest BCUT2D eigenvalue weighted by Gasteiger charge is -2.19. The highest BCUT2D eigenvalue weighted by Crippen LogP contribution is 2.34. The molecule has 0 aromatic rings. The number of rotatable bonds is 5. The standard InChI is InChI=1S/C14H20O2/c1-6-8-13-10(3)9-14(11(13)4)16-12(5)15-7-2/h1,12,14H,3,7-9H2,2,4-5H3/t12-,14?/m0/s1. The second-order valence-electron chi connectivity index (χ2n) is 4.00. The van der Waals surface area contributed by atoms with Crippen molar-refractivity contribution in [1.82, 2.24) is 0 Å². The van der Waals surface area contributed by atoms with E-state index in [4.69, 9.17) is 15.9 Å². The molecule has 1 aliphatic rings. The number of ether oxygens (including phenoxy) is 2. The molecule has 1 aliphatic carbocycles. The van der Waals surface area contributed by atoms with Crippen molar-refractivity contribution < 1.29 is 9.47 Å². The van der Waals surface area contributed by atoms with E-state index in [0.29, 0.717) is 13.0 Å². The molecule has 0 heterocycles. The molecule has 0 aromatic heterocycles. The van der Waals surface area contributed by atoms with E-state index in [1.165, 1.54) is 11.1 Å². The van der Waals surface area contributed by atoms with Crippen LogP contribution in [0.5, 0.6) is 0 Å². The van der Waals surface area contributed by atoms with Crippen molar-refractivity contribution in [3.63, 3.8) is 0 Å². The number of hydrogen-bond donors (Lipinski definition) is 0. The molecule has 16 heavy (non-hydrogen) atoms. The van der Waals surface area contributed by atoms with Crippen LogP contribution in [-0.2, 0) is 9.47 Å². The third kappa shape index (κ3) is 2.98. The molecule has 1 rings (SSSR count). The summed E-state index contributed by atoms with van der Waals surface area (Å²) in [5.74, 6) is 2.66. The van der Waals surface area contributed by atoms with Crippen molar-refractivity contribution in [3.05, 3.63) is 23.3 Å². The van der Waals surface area contributed by atoms with Crippen LogP contribution in [0.1, 0.15) is 33.6 Å². The maximum absolute atomic E-state index is 5.80. The zero-order valence-corrected chi connectivity index (χ0v) is 10.4. The van der Waals surface area contributed by atoms with Gasteiger partial charge in [0.05, 0.1) is 6.10 Å². The maximum Gasteiger partial charge on any atom is 0.155 e. The molecule has 0 aromatic carbocycles. The minimum Gasteiger partial charge on any atom is -0.353 e. The largest absolute Gasteiger partial charge is 0.353 e. The lowest BCUT2D eigenvalue weighted by Crippen LogP contribution is -2.21. The second kappa shape index (κ2) is 5.89. The van der Waals surface area contributed by atoms with Crippen molar-refractivity contribution in [2.24, 2.45) is 0 Å². The highest BCUT2D eigenvalue weighted by molar-refractivity contribution is 5.43. The summed E-state index contributed by atoms with van der Waals surface area (Å²) in [5.41, 5.74) is 3.48.